The van der Waals surface area contributed by atoms with Crippen LogP contribution in [0.3, 0.4) is 0 Å². The largest absolute Gasteiger partial charge is 0.314 e. The normalized spacial score (nSPS) is 16.0. The second kappa shape index (κ2) is 11.6. The second-order valence-corrected chi connectivity index (χ2v) is 1.50. The first-order chi connectivity index (χ1) is 3.00. The average Bonchev–Trinajstić information content (AvgIpc) is 1.72. The van der Waals surface area contributed by atoms with Crippen LogP contribution in [0.1, 0.15) is 0 Å². The van der Waals surface area contributed by atoms with Crippen LogP contribution in [0.15, 0.2) is 0 Å². The van der Waals surface area contributed by atoms with Crippen molar-refractivity contribution in [1.82, 2.24) is 10.6 Å². The molecule has 1 heterocycles. The first-order valence-electron chi connectivity index (χ1n) is 2.41. The van der Waals surface area contributed by atoms with Crippen LogP contribution in [0.2, 0.25) is 0 Å². The van der Waals surface area contributed by atoms with Gasteiger partial charge in [-0.15, -0.1) is 37.2 Å². The van der Waals surface area contributed by atoms with E-state index in [4.69, 9.17) is 0 Å². The first-order valence-corrected chi connectivity index (χ1v) is 2.41. The maximum absolute atomic E-state index is 3.22. The molecule has 9 heavy (non-hydrogen) atoms. The summed E-state index contributed by atoms with van der Waals surface area (Å²) in [6.45, 7) is 4.56. The van der Waals surface area contributed by atoms with E-state index in [0.717, 1.165) is 26.2 Å². The van der Waals surface area contributed by atoms with Gasteiger partial charge in [0.05, 0.1) is 0 Å². The highest BCUT2D eigenvalue weighted by Crippen LogP contribution is 1.65. The second-order valence-electron chi connectivity index (χ2n) is 1.50. The van der Waals surface area contributed by atoms with Gasteiger partial charge in [0.1, 0.15) is 0 Å². The molecule has 1 rings (SSSR count). The highest BCUT2D eigenvalue weighted by Gasteiger charge is 1.91. The van der Waals surface area contributed by atoms with Crippen molar-refractivity contribution in [2.45, 2.75) is 0 Å². The highest BCUT2D eigenvalue weighted by atomic mass is 35.5. The van der Waals surface area contributed by atoms with E-state index in [1.165, 1.54) is 0 Å². The van der Waals surface area contributed by atoms with Gasteiger partial charge in [-0.25, -0.2) is 0 Å². The molecular formula is C4H13Cl3N2. The van der Waals surface area contributed by atoms with E-state index in [1.54, 1.807) is 0 Å². The third kappa shape index (κ3) is 8.79. The molecule has 1 fully saturated rings. The Morgan fingerprint density at radius 1 is 0.556 bits per heavy atom. The maximum Gasteiger partial charge on any atom is 0.00772 e. The minimum atomic E-state index is 0. The molecule has 0 unspecified atom stereocenters. The van der Waals surface area contributed by atoms with Gasteiger partial charge in [-0.2, -0.15) is 0 Å². The van der Waals surface area contributed by atoms with Crippen LogP contribution in [0.5, 0.6) is 0 Å². The molecule has 2 N–H and O–H groups in total. The zero-order chi connectivity index (χ0) is 4.24. The molecule has 0 aromatic heterocycles. The summed E-state index contributed by atoms with van der Waals surface area (Å²) in [4.78, 5) is 0. The zero-order valence-electron chi connectivity index (χ0n) is 5.05. The molecule has 5 heteroatoms. The van der Waals surface area contributed by atoms with Gasteiger partial charge in [-0.1, -0.05) is 0 Å². The fourth-order valence-corrected chi connectivity index (χ4v) is 0.604. The van der Waals surface area contributed by atoms with Crippen molar-refractivity contribution >= 4 is 37.2 Å². The van der Waals surface area contributed by atoms with Gasteiger partial charge in [-0.05, 0) is 0 Å². The minimum absolute atomic E-state index is 0. The van der Waals surface area contributed by atoms with Crippen LogP contribution in [-0.2, 0) is 0 Å². The Morgan fingerprint density at radius 2 is 0.778 bits per heavy atom. The van der Waals surface area contributed by atoms with Gasteiger partial charge in [0, 0.05) is 26.2 Å². The summed E-state index contributed by atoms with van der Waals surface area (Å²) in [5.74, 6) is 0. The van der Waals surface area contributed by atoms with E-state index < -0.39 is 0 Å². The molecule has 0 bridgehead atoms. The van der Waals surface area contributed by atoms with Crippen molar-refractivity contribution in [3.63, 3.8) is 0 Å². The molecule has 0 amide bonds. The molecule has 0 aliphatic carbocycles. The van der Waals surface area contributed by atoms with E-state index in [0.29, 0.717) is 0 Å². The molecule has 60 valence electrons. The molecular weight excluding hydrogens is 182 g/mol. The number of rotatable bonds is 0. The van der Waals surface area contributed by atoms with Crippen LogP contribution < -0.4 is 10.6 Å². The lowest BCUT2D eigenvalue weighted by atomic mass is 10.4. The van der Waals surface area contributed by atoms with Crippen molar-refractivity contribution in [1.29, 1.82) is 0 Å². The van der Waals surface area contributed by atoms with E-state index in [1.807, 2.05) is 0 Å². The summed E-state index contributed by atoms with van der Waals surface area (Å²) < 4.78 is 0. The van der Waals surface area contributed by atoms with E-state index in [9.17, 15) is 0 Å². The molecule has 1 aliphatic heterocycles. The zero-order valence-corrected chi connectivity index (χ0v) is 7.50. The number of piperazine rings is 1. The molecule has 0 aromatic carbocycles. The number of nitrogens with one attached hydrogen (secondary N) is 2. The van der Waals surface area contributed by atoms with Gasteiger partial charge < -0.3 is 10.6 Å². The predicted molar refractivity (Wildman–Crippen MR) is 47.5 cm³/mol. The third-order valence-corrected chi connectivity index (χ3v) is 0.957. The molecule has 0 atom stereocenters. The van der Waals surface area contributed by atoms with Crippen molar-refractivity contribution in [2.75, 3.05) is 26.2 Å². The lowest BCUT2D eigenvalue weighted by Gasteiger charge is -2.11. The molecule has 1 aliphatic rings. The lowest BCUT2D eigenvalue weighted by Crippen LogP contribution is -2.39. The summed E-state index contributed by atoms with van der Waals surface area (Å²) in [6, 6.07) is 0. The van der Waals surface area contributed by atoms with E-state index in [-0.39, 0.29) is 37.2 Å². The Bertz CT molecular complexity index is 29.3. The topological polar surface area (TPSA) is 24.1 Å². The van der Waals surface area contributed by atoms with Crippen LogP contribution in [0.25, 0.3) is 0 Å². The fraction of sp³-hybridized carbons (Fsp3) is 1.00. The van der Waals surface area contributed by atoms with E-state index >= 15 is 0 Å². The minimum Gasteiger partial charge on any atom is -0.314 e. The summed E-state index contributed by atoms with van der Waals surface area (Å²) in [5.41, 5.74) is 0. The van der Waals surface area contributed by atoms with Crippen molar-refractivity contribution in [3.8, 4) is 0 Å². The Labute approximate surface area is 74.4 Å². The molecule has 0 radical (unpaired) electrons. The summed E-state index contributed by atoms with van der Waals surface area (Å²) in [6.07, 6.45) is 0. The van der Waals surface area contributed by atoms with E-state index in [2.05, 4.69) is 10.6 Å². The fourth-order valence-electron chi connectivity index (χ4n) is 0.604. The average molecular weight is 196 g/mol. The number of hydrogen-bond acceptors (Lipinski definition) is 2. The SMILES string of the molecule is C1CNCCN1.Cl.Cl.Cl. The summed E-state index contributed by atoms with van der Waals surface area (Å²) >= 11 is 0. The van der Waals surface area contributed by atoms with Crippen molar-refractivity contribution in [3.05, 3.63) is 0 Å². The molecule has 0 aromatic rings. The van der Waals surface area contributed by atoms with Crippen LogP contribution in [-0.4, -0.2) is 26.2 Å². The van der Waals surface area contributed by atoms with Gasteiger partial charge in [0.15, 0.2) is 0 Å². The quantitative estimate of drug-likeness (QED) is 0.586. The number of hydrogen-bond donors (Lipinski definition) is 2. The van der Waals surface area contributed by atoms with Crippen LogP contribution in [0.4, 0.5) is 0 Å². The van der Waals surface area contributed by atoms with Gasteiger partial charge in [0.2, 0.25) is 0 Å². The first kappa shape index (κ1) is 16.4. The Kier molecular flexibility index (Phi) is 21.1. The summed E-state index contributed by atoms with van der Waals surface area (Å²) in [7, 11) is 0. The molecule has 1 saturated heterocycles. The monoisotopic (exact) mass is 194 g/mol. The van der Waals surface area contributed by atoms with Crippen molar-refractivity contribution in [2.24, 2.45) is 0 Å². The smallest absolute Gasteiger partial charge is 0.00772 e. The Balaban J connectivity index is -0.000000120. The predicted octanol–water partition coefficient (Wildman–Crippen LogP) is 0.445. The lowest BCUT2D eigenvalue weighted by molar-refractivity contribution is 0.534. The molecule has 0 saturated carbocycles. The standard InChI is InChI=1S/C4H10N2.3ClH/c1-2-6-4-3-5-1;;;/h5-6H,1-4H2;3*1H. The maximum atomic E-state index is 3.22. The Hall–Kier alpha value is 0.790. The van der Waals surface area contributed by atoms with Crippen LogP contribution >= 0.6 is 37.2 Å². The van der Waals surface area contributed by atoms with Crippen LogP contribution in [0, 0.1) is 0 Å². The van der Waals surface area contributed by atoms with Crippen molar-refractivity contribution < 1.29 is 0 Å². The van der Waals surface area contributed by atoms with Gasteiger partial charge >= 0.3 is 0 Å². The third-order valence-electron chi connectivity index (χ3n) is 0.957. The van der Waals surface area contributed by atoms with Gasteiger partial charge in [0.25, 0.3) is 0 Å². The highest BCUT2D eigenvalue weighted by molar-refractivity contribution is 5.86. The Morgan fingerprint density at radius 3 is 0.889 bits per heavy atom. The number of halogens is 3. The summed E-state index contributed by atoms with van der Waals surface area (Å²) in [5, 5.41) is 6.44. The molecule has 2 nitrogen and oxygen atoms in total. The van der Waals surface area contributed by atoms with Gasteiger partial charge in [-0.3, -0.25) is 0 Å². The molecule has 0 spiro atoms.